The Labute approximate surface area is 167 Å². The summed E-state index contributed by atoms with van der Waals surface area (Å²) in [5.41, 5.74) is 11.6. The number of guanidine groups is 1. The second-order valence-corrected chi connectivity index (χ2v) is 7.73. The quantitative estimate of drug-likeness (QED) is 0.301. The molecule has 1 aliphatic rings. The fourth-order valence-corrected chi connectivity index (χ4v) is 4.93. The van der Waals surface area contributed by atoms with Gasteiger partial charge < -0.3 is 10.6 Å². The maximum Gasteiger partial charge on any atom is 0.320 e. The Morgan fingerprint density at radius 1 is 1.14 bits per heavy atom. The number of nitrogens with zero attached hydrogens (tertiary/aromatic N) is 2. The fraction of sp³-hybridized carbons (Fsp3) is 0.190. The number of hydroxylamine groups is 1. The maximum absolute atomic E-state index is 10.3. The number of hydrogen-bond acceptors (Lipinski definition) is 5. The summed E-state index contributed by atoms with van der Waals surface area (Å²) >= 11 is 1.53. The van der Waals surface area contributed by atoms with Crippen molar-refractivity contribution in [2.24, 2.45) is 10.7 Å². The van der Waals surface area contributed by atoms with E-state index in [2.05, 4.69) is 68.8 Å². The molecule has 0 amide bonds. The lowest BCUT2D eigenvalue weighted by molar-refractivity contribution is -0.132. The van der Waals surface area contributed by atoms with E-state index in [1.54, 1.807) is 0 Å². The van der Waals surface area contributed by atoms with E-state index in [4.69, 9.17) is 5.73 Å². The Morgan fingerprint density at radius 3 is 2.39 bits per heavy atom. The predicted molar refractivity (Wildman–Crippen MR) is 109 cm³/mol. The Hall–Kier alpha value is -3.19. The van der Waals surface area contributed by atoms with E-state index in [0.29, 0.717) is 5.13 Å². The van der Waals surface area contributed by atoms with E-state index in [0.717, 1.165) is 25.0 Å². The van der Waals surface area contributed by atoms with Crippen molar-refractivity contribution in [1.29, 1.82) is 0 Å². The normalized spacial score (nSPS) is 15.5. The van der Waals surface area contributed by atoms with Gasteiger partial charge in [-0.25, -0.2) is 4.98 Å². The molecule has 2 aromatic carbocycles. The van der Waals surface area contributed by atoms with Gasteiger partial charge in [-0.2, -0.15) is 10.5 Å². The third kappa shape index (κ3) is 3.48. The van der Waals surface area contributed by atoms with Crippen molar-refractivity contribution in [3.05, 3.63) is 82.4 Å². The van der Waals surface area contributed by atoms with Crippen molar-refractivity contribution in [1.82, 2.24) is 10.5 Å². The van der Waals surface area contributed by atoms with Crippen molar-refractivity contribution < 1.29 is 9.63 Å². The molecule has 142 valence electrons. The molecule has 3 N–H and O–H groups in total. The molecule has 0 fully saturated rings. The van der Waals surface area contributed by atoms with Gasteiger partial charge in [-0.15, -0.1) is 0 Å². The molecule has 0 saturated carbocycles. The molecule has 1 aliphatic carbocycles. The number of thiazole rings is 1. The van der Waals surface area contributed by atoms with Crippen LogP contribution in [0.4, 0.5) is 5.13 Å². The van der Waals surface area contributed by atoms with Crippen molar-refractivity contribution in [2.45, 2.75) is 24.7 Å². The lowest BCUT2D eigenvalue weighted by atomic mass is 9.66. The van der Waals surface area contributed by atoms with Gasteiger partial charge in [0.15, 0.2) is 0 Å². The van der Waals surface area contributed by atoms with Gasteiger partial charge in [-0.1, -0.05) is 72.0 Å². The van der Waals surface area contributed by atoms with Crippen LogP contribution in [0.2, 0.25) is 0 Å². The molecule has 0 spiro atoms. The van der Waals surface area contributed by atoms with Gasteiger partial charge in [-0.05, 0) is 30.4 Å². The Balaban J connectivity index is 1.71. The summed E-state index contributed by atoms with van der Waals surface area (Å²) in [5.74, 6) is -0.00409. The maximum atomic E-state index is 10.3. The third-order valence-electron chi connectivity index (χ3n) is 5.10. The number of aromatic nitrogens is 1. The predicted octanol–water partition coefficient (Wildman–Crippen LogP) is 3.24. The van der Waals surface area contributed by atoms with E-state index in [-0.39, 0.29) is 17.8 Å². The van der Waals surface area contributed by atoms with Crippen molar-refractivity contribution >= 4 is 28.9 Å². The molecule has 0 atom stereocenters. The monoisotopic (exact) mass is 392 g/mol. The molecule has 0 unspecified atom stereocenters. The second kappa shape index (κ2) is 7.82. The highest BCUT2D eigenvalue weighted by molar-refractivity contribution is 7.15. The summed E-state index contributed by atoms with van der Waals surface area (Å²) in [5, 5.41) is 0.557. The summed E-state index contributed by atoms with van der Waals surface area (Å²) < 4.78 is 0. The molecule has 0 saturated heterocycles. The number of carbonyl (C=O) groups excluding carboxylic acids is 1. The highest BCUT2D eigenvalue weighted by atomic mass is 32.1. The van der Waals surface area contributed by atoms with Crippen molar-refractivity contribution in [3.8, 4) is 0 Å². The van der Waals surface area contributed by atoms with E-state index < -0.39 is 0 Å². The fourth-order valence-electron chi connectivity index (χ4n) is 3.83. The molecule has 0 aliphatic heterocycles. The van der Waals surface area contributed by atoms with Crippen LogP contribution in [-0.4, -0.2) is 17.4 Å². The van der Waals surface area contributed by atoms with Crippen LogP contribution in [-0.2, 0) is 27.9 Å². The second-order valence-electron chi connectivity index (χ2n) is 6.67. The Kier molecular flexibility index (Phi) is 5.08. The molecular weight excluding hydrogens is 372 g/mol. The summed E-state index contributed by atoms with van der Waals surface area (Å²) in [7, 11) is 0. The molecule has 1 aromatic heterocycles. The molecule has 0 bridgehead atoms. The summed E-state index contributed by atoms with van der Waals surface area (Å²) in [6.07, 6.45) is 2.70. The molecule has 28 heavy (non-hydrogen) atoms. The number of aliphatic imine (C=N–C) groups is 1. The average molecular weight is 392 g/mol. The Morgan fingerprint density at radius 2 is 1.79 bits per heavy atom. The van der Waals surface area contributed by atoms with Crippen LogP contribution in [0.15, 0.2) is 65.7 Å². The first-order valence-electron chi connectivity index (χ1n) is 9.00. The number of nitrogens with two attached hydrogens (primary N) is 1. The highest BCUT2D eigenvalue weighted by Crippen LogP contribution is 2.46. The molecule has 4 rings (SSSR count). The van der Waals surface area contributed by atoms with Crippen LogP contribution >= 0.6 is 11.3 Å². The number of fused-ring (bicyclic) bond motifs is 1. The minimum atomic E-state index is -0.0898. The first-order valence-corrected chi connectivity index (χ1v) is 9.82. The SMILES string of the molecule is NC(=Nc1nc2c(s1)CC(c1ccccc1)(c1ccccc1)CC2)NOC=O. The smallest absolute Gasteiger partial charge is 0.320 e. The number of carbonyl (C=O) groups is 1. The van der Waals surface area contributed by atoms with Crippen LogP contribution in [0.5, 0.6) is 0 Å². The van der Waals surface area contributed by atoms with Crippen LogP contribution in [0.3, 0.4) is 0 Å². The van der Waals surface area contributed by atoms with Crippen LogP contribution in [0.1, 0.15) is 28.1 Å². The first-order chi connectivity index (χ1) is 13.7. The van der Waals surface area contributed by atoms with Gasteiger partial charge in [0.1, 0.15) is 0 Å². The number of benzene rings is 2. The zero-order valence-corrected chi connectivity index (χ0v) is 16.0. The molecular formula is C21H20N4O2S. The average Bonchev–Trinajstić information content (AvgIpc) is 3.14. The molecule has 0 radical (unpaired) electrons. The minimum absolute atomic E-state index is 0.00409. The molecule has 1 heterocycles. The van der Waals surface area contributed by atoms with Crippen molar-refractivity contribution in [3.63, 3.8) is 0 Å². The number of nitrogens with one attached hydrogen (secondary N) is 1. The van der Waals surface area contributed by atoms with E-state index >= 15 is 0 Å². The van der Waals surface area contributed by atoms with Gasteiger partial charge in [-0.3, -0.25) is 4.79 Å². The largest absolute Gasteiger partial charge is 0.367 e. The summed E-state index contributed by atoms with van der Waals surface area (Å²) in [6, 6.07) is 21.3. The standard InChI is InChI=1S/C21H20N4O2S/c22-19(25-27-14-26)24-20-23-17-11-12-21(13-18(17)28-20,15-7-3-1-4-8-15)16-9-5-2-6-10-16/h1-10,14H,11-13H2,(H3,22,23,24,25). The van der Waals surface area contributed by atoms with E-state index in [1.165, 1.54) is 27.3 Å². The zero-order chi connectivity index (χ0) is 19.4. The van der Waals surface area contributed by atoms with E-state index in [9.17, 15) is 4.79 Å². The number of rotatable bonds is 5. The molecule has 6 nitrogen and oxygen atoms in total. The molecule has 3 aromatic rings. The van der Waals surface area contributed by atoms with Gasteiger partial charge in [0, 0.05) is 10.3 Å². The molecule has 7 heteroatoms. The van der Waals surface area contributed by atoms with Gasteiger partial charge in [0.25, 0.3) is 0 Å². The number of aryl methyl sites for hydroxylation is 1. The lowest BCUT2D eigenvalue weighted by Crippen LogP contribution is -2.34. The summed E-state index contributed by atoms with van der Waals surface area (Å²) in [4.78, 5) is 24.7. The summed E-state index contributed by atoms with van der Waals surface area (Å²) in [6.45, 7) is 0.253. The Bertz CT molecular complexity index is 947. The topological polar surface area (TPSA) is 89.6 Å². The third-order valence-corrected chi connectivity index (χ3v) is 6.09. The minimum Gasteiger partial charge on any atom is -0.367 e. The first kappa shape index (κ1) is 18.2. The lowest BCUT2D eigenvalue weighted by Gasteiger charge is -2.38. The van der Waals surface area contributed by atoms with E-state index in [1.807, 2.05) is 12.1 Å². The van der Waals surface area contributed by atoms with Gasteiger partial charge in [0.05, 0.1) is 5.69 Å². The zero-order valence-electron chi connectivity index (χ0n) is 15.2. The van der Waals surface area contributed by atoms with Crippen molar-refractivity contribution in [2.75, 3.05) is 0 Å². The van der Waals surface area contributed by atoms with Crippen LogP contribution < -0.4 is 11.2 Å². The van der Waals surface area contributed by atoms with Crippen LogP contribution in [0, 0.1) is 0 Å². The van der Waals surface area contributed by atoms with Gasteiger partial charge in [0.2, 0.25) is 11.1 Å². The number of hydrogen-bond donors (Lipinski definition) is 2. The highest BCUT2D eigenvalue weighted by Gasteiger charge is 2.39. The van der Waals surface area contributed by atoms with Gasteiger partial charge >= 0.3 is 6.47 Å². The van der Waals surface area contributed by atoms with Crippen LogP contribution in [0.25, 0.3) is 0 Å².